The molecular formula is C15H21ClN2O2. The first-order valence-electron chi connectivity index (χ1n) is 6.94. The Bertz CT molecular complexity index is 491. The number of piperidine rings is 1. The number of halogens is 1. The van der Waals surface area contributed by atoms with Gasteiger partial charge in [0, 0.05) is 18.3 Å². The van der Waals surface area contributed by atoms with Crippen molar-refractivity contribution in [3.63, 3.8) is 0 Å². The molecule has 1 N–H and O–H groups in total. The second-order valence-electron chi connectivity index (χ2n) is 5.32. The van der Waals surface area contributed by atoms with E-state index >= 15 is 0 Å². The molecule has 1 amide bonds. The molecule has 1 aliphatic heterocycles. The normalized spacial score (nSPS) is 19.6. The van der Waals surface area contributed by atoms with Crippen LogP contribution in [0.1, 0.15) is 26.7 Å². The lowest BCUT2D eigenvalue weighted by atomic mass is 10.0. The zero-order valence-electron chi connectivity index (χ0n) is 12.1. The maximum Gasteiger partial charge on any atom is 0.244 e. The van der Waals surface area contributed by atoms with Crippen molar-refractivity contribution in [2.45, 2.75) is 38.8 Å². The number of anilines is 1. The fourth-order valence-electron chi connectivity index (χ4n) is 2.51. The fraction of sp³-hybridized carbons (Fsp3) is 0.533. The molecule has 0 bridgehead atoms. The van der Waals surface area contributed by atoms with Gasteiger partial charge in [-0.15, -0.1) is 0 Å². The first-order valence-corrected chi connectivity index (χ1v) is 7.31. The molecule has 1 atom stereocenters. The number of carbonyl (C=O) groups excluding carboxylic acids is 1. The Labute approximate surface area is 125 Å². The van der Waals surface area contributed by atoms with Crippen LogP contribution in [-0.4, -0.2) is 31.6 Å². The molecule has 0 aliphatic carbocycles. The van der Waals surface area contributed by atoms with Gasteiger partial charge in [-0.1, -0.05) is 25.4 Å². The quantitative estimate of drug-likeness (QED) is 0.929. The van der Waals surface area contributed by atoms with Crippen LogP contribution in [0.25, 0.3) is 0 Å². The van der Waals surface area contributed by atoms with Crippen LogP contribution in [0.3, 0.4) is 0 Å². The molecule has 4 nitrogen and oxygen atoms in total. The summed E-state index contributed by atoms with van der Waals surface area (Å²) in [5.74, 6) is 0.739. The van der Waals surface area contributed by atoms with Crippen LogP contribution in [0.5, 0.6) is 5.75 Å². The summed E-state index contributed by atoms with van der Waals surface area (Å²) in [6, 6.07) is 5.65. The van der Waals surface area contributed by atoms with Gasteiger partial charge in [0.05, 0.1) is 18.2 Å². The van der Waals surface area contributed by atoms with Gasteiger partial charge in [0.2, 0.25) is 5.91 Å². The van der Waals surface area contributed by atoms with Crippen molar-refractivity contribution in [2.24, 2.45) is 0 Å². The van der Waals surface area contributed by atoms with Crippen LogP contribution in [0.4, 0.5) is 5.69 Å². The first-order chi connectivity index (χ1) is 9.52. The smallest absolute Gasteiger partial charge is 0.244 e. The largest absolute Gasteiger partial charge is 0.495 e. The van der Waals surface area contributed by atoms with E-state index in [0.29, 0.717) is 16.8 Å². The van der Waals surface area contributed by atoms with Crippen LogP contribution in [0, 0.1) is 0 Å². The van der Waals surface area contributed by atoms with E-state index in [2.05, 4.69) is 19.2 Å². The molecule has 1 fully saturated rings. The molecule has 0 radical (unpaired) electrons. The van der Waals surface area contributed by atoms with E-state index in [1.165, 1.54) is 0 Å². The Morgan fingerprint density at radius 1 is 1.45 bits per heavy atom. The highest BCUT2D eigenvalue weighted by molar-refractivity contribution is 6.32. The second-order valence-corrected chi connectivity index (χ2v) is 5.73. The van der Waals surface area contributed by atoms with E-state index in [4.69, 9.17) is 16.3 Å². The van der Waals surface area contributed by atoms with E-state index < -0.39 is 0 Å². The molecular weight excluding hydrogens is 276 g/mol. The second kappa shape index (κ2) is 6.46. The van der Waals surface area contributed by atoms with Crippen molar-refractivity contribution < 1.29 is 9.53 Å². The molecule has 5 heteroatoms. The zero-order valence-corrected chi connectivity index (χ0v) is 12.9. The van der Waals surface area contributed by atoms with Crippen LogP contribution in [0.15, 0.2) is 18.2 Å². The molecule has 1 aromatic rings. The molecule has 1 unspecified atom stereocenters. The van der Waals surface area contributed by atoms with Crippen molar-refractivity contribution >= 4 is 23.2 Å². The predicted molar refractivity (Wildman–Crippen MR) is 81.7 cm³/mol. The standard InChI is InChI=1S/C15H21ClN2O2/c1-10(2)17-13-5-4-8-18(15(13)19)11-6-7-14(20-3)12(16)9-11/h6-7,9-10,13,17H,4-5,8H2,1-3H3. The lowest BCUT2D eigenvalue weighted by Gasteiger charge is -2.33. The van der Waals surface area contributed by atoms with Gasteiger partial charge in [-0.05, 0) is 31.0 Å². The third kappa shape index (κ3) is 3.25. The van der Waals surface area contributed by atoms with E-state index in [1.807, 2.05) is 6.07 Å². The van der Waals surface area contributed by atoms with Gasteiger partial charge in [-0.2, -0.15) is 0 Å². The number of hydrogen-bond donors (Lipinski definition) is 1. The summed E-state index contributed by atoms with van der Waals surface area (Å²) >= 11 is 6.14. The Kier molecular flexibility index (Phi) is 4.89. The Balaban J connectivity index is 2.19. The number of methoxy groups -OCH3 is 1. The van der Waals surface area contributed by atoms with E-state index in [-0.39, 0.29) is 11.9 Å². The summed E-state index contributed by atoms with van der Waals surface area (Å²) in [6.07, 6.45) is 1.87. The highest BCUT2D eigenvalue weighted by Gasteiger charge is 2.30. The molecule has 110 valence electrons. The summed E-state index contributed by atoms with van der Waals surface area (Å²) in [7, 11) is 1.58. The molecule has 1 aromatic carbocycles. The van der Waals surface area contributed by atoms with Gasteiger partial charge >= 0.3 is 0 Å². The molecule has 0 saturated carbocycles. The van der Waals surface area contributed by atoms with Gasteiger partial charge in [0.25, 0.3) is 0 Å². The number of amides is 1. The molecule has 0 spiro atoms. The zero-order chi connectivity index (χ0) is 14.7. The number of hydrogen-bond acceptors (Lipinski definition) is 3. The van der Waals surface area contributed by atoms with Crippen molar-refractivity contribution in [1.82, 2.24) is 5.32 Å². The number of nitrogens with zero attached hydrogens (tertiary/aromatic N) is 1. The summed E-state index contributed by atoms with van der Waals surface area (Å²) in [5, 5.41) is 3.84. The van der Waals surface area contributed by atoms with Gasteiger partial charge in [-0.3, -0.25) is 4.79 Å². The highest BCUT2D eigenvalue weighted by atomic mass is 35.5. The minimum atomic E-state index is -0.107. The number of rotatable bonds is 4. The maximum atomic E-state index is 12.5. The van der Waals surface area contributed by atoms with Crippen molar-refractivity contribution in [2.75, 3.05) is 18.6 Å². The third-order valence-electron chi connectivity index (χ3n) is 3.42. The first kappa shape index (κ1) is 15.1. The van der Waals surface area contributed by atoms with Crippen LogP contribution in [-0.2, 0) is 4.79 Å². The summed E-state index contributed by atoms with van der Waals surface area (Å²) in [4.78, 5) is 14.3. The molecule has 1 heterocycles. The topological polar surface area (TPSA) is 41.6 Å². The number of carbonyl (C=O) groups is 1. The maximum absolute atomic E-state index is 12.5. The molecule has 0 aromatic heterocycles. The van der Waals surface area contributed by atoms with Gasteiger partial charge in [-0.25, -0.2) is 0 Å². The molecule has 2 rings (SSSR count). The Morgan fingerprint density at radius 2 is 2.20 bits per heavy atom. The Morgan fingerprint density at radius 3 is 2.80 bits per heavy atom. The van der Waals surface area contributed by atoms with Crippen molar-refractivity contribution in [3.8, 4) is 5.75 Å². The number of ether oxygens (including phenoxy) is 1. The van der Waals surface area contributed by atoms with Crippen LogP contribution < -0.4 is 15.0 Å². The fourth-order valence-corrected chi connectivity index (χ4v) is 2.76. The van der Waals surface area contributed by atoms with Gasteiger partial charge in [0.15, 0.2) is 0 Å². The molecule has 20 heavy (non-hydrogen) atoms. The third-order valence-corrected chi connectivity index (χ3v) is 3.72. The average Bonchev–Trinajstić information content (AvgIpc) is 2.40. The van der Waals surface area contributed by atoms with Crippen molar-refractivity contribution in [1.29, 1.82) is 0 Å². The minimum absolute atomic E-state index is 0.107. The van der Waals surface area contributed by atoms with Crippen molar-refractivity contribution in [3.05, 3.63) is 23.2 Å². The number of nitrogens with one attached hydrogen (secondary N) is 1. The molecule has 1 saturated heterocycles. The molecule has 1 aliphatic rings. The lowest BCUT2D eigenvalue weighted by molar-refractivity contribution is -0.121. The highest BCUT2D eigenvalue weighted by Crippen LogP contribution is 2.30. The van der Waals surface area contributed by atoms with Crippen LogP contribution in [0.2, 0.25) is 5.02 Å². The summed E-state index contributed by atoms with van der Waals surface area (Å²) in [5.41, 5.74) is 0.830. The van der Waals surface area contributed by atoms with Gasteiger partial charge < -0.3 is 15.0 Å². The minimum Gasteiger partial charge on any atom is -0.495 e. The Hall–Kier alpha value is -1.26. The monoisotopic (exact) mass is 296 g/mol. The van der Waals surface area contributed by atoms with E-state index in [0.717, 1.165) is 25.1 Å². The predicted octanol–water partition coefficient (Wildman–Crippen LogP) is 2.84. The van der Waals surface area contributed by atoms with E-state index in [9.17, 15) is 4.79 Å². The lowest BCUT2D eigenvalue weighted by Crippen LogP contribution is -2.52. The number of benzene rings is 1. The van der Waals surface area contributed by atoms with E-state index in [1.54, 1.807) is 24.1 Å². The van der Waals surface area contributed by atoms with Crippen LogP contribution >= 0.6 is 11.6 Å². The summed E-state index contributed by atoms with van der Waals surface area (Å²) < 4.78 is 5.14. The van der Waals surface area contributed by atoms with Gasteiger partial charge in [0.1, 0.15) is 5.75 Å². The average molecular weight is 297 g/mol. The SMILES string of the molecule is COc1ccc(N2CCCC(NC(C)C)C2=O)cc1Cl. The summed E-state index contributed by atoms with van der Waals surface area (Å²) in [6.45, 7) is 4.84.